The molecule has 0 saturated heterocycles. The van der Waals surface area contributed by atoms with E-state index >= 15 is 0 Å². The van der Waals surface area contributed by atoms with E-state index in [-0.39, 0.29) is 24.8 Å². The van der Waals surface area contributed by atoms with Gasteiger partial charge in [0.25, 0.3) is 0 Å². The van der Waals surface area contributed by atoms with Crippen LogP contribution in [0.25, 0.3) is 0 Å². The number of amides is 2. The third-order valence-electron chi connectivity index (χ3n) is 6.85. The largest absolute Gasteiger partial charge is 0.481 e. The Morgan fingerprint density at radius 1 is 1.08 bits per heavy atom. The second kappa shape index (κ2) is 12.0. The fourth-order valence-electron chi connectivity index (χ4n) is 4.99. The minimum absolute atomic E-state index is 0.152. The molecule has 3 rings (SSSR count). The molecule has 37 heavy (non-hydrogen) atoms. The van der Waals surface area contributed by atoms with Crippen LogP contribution in [0.5, 0.6) is 0 Å². The van der Waals surface area contributed by atoms with Gasteiger partial charge in [0, 0.05) is 25.7 Å². The Kier molecular flexibility index (Phi) is 9.24. The fourth-order valence-corrected chi connectivity index (χ4v) is 5.11. The molecule has 2 amide bonds. The van der Waals surface area contributed by atoms with Gasteiger partial charge in [-0.25, -0.2) is 4.79 Å². The molecule has 0 unspecified atom stereocenters. The molecule has 0 aliphatic heterocycles. The molecule has 8 heteroatoms. The Balaban J connectivity index is 1.84. The van der Waals surface area contributed by atoms with Crippen molar-refractivity contribution in [2.75, 3.05) is 20.6 Å². The zero-order valence-electron chi connectivity index (χ0n) is 22.2. The Hall–Kier alpha value is -3.06. The smallest absolute Gasteiger partial charge is 0.410 e. The minimum Gasteiger partial charge on any atom is -0.481 e. The van der Waals surface area contributed by atoms with Gasteiger partial charge in [-0.15, -0.1) is 0 Å². The van der Waals surface area contributed by atoms with E-state index in [9.17, 15) is 19.5 Å². The molecule has 1 aliphatic rings. The summed E-state index contributed by atoms with van der Waals surface area (Å²) >= 11 is 6.05. The summed E-state index contributed by atoms with van der Waals surface area (Å²) in [6.07, 6.45) is 1.31. The van der Waals surface area contributed by atoms with Gasteiger partial charge in [0.1, 0.15) is 5.60 Å². The van der Waals surface area contributed by atoms with Gasteiger partial charge in [0.15, 0.2) is 0 Å². The molecule has 0 fully saturated rings. The van der Waals surface area contributed by atoms with Crippen molar-refractivity contribution in [1.82, 2.24) is 9.80 Å². The number of carboxylic acids is 1. The van der Waals surface area contributed by atoms with Crippen molar-refractivity contribution < 1.29 is 24.2 Å². The number of carbonyl (C=O) groups is 3. The standard InChI is InChI=1S/C29H37ClN2O5/c1-29(2,3)37-28(36)32(5)22(16-19-10-13-21(30)14-11-19)18-31(4)27(35)25(17-26(33)34)24-15-12-20-8-6-7-9-23(20)24/h6-11,13-14,22,24-25H,12,15-18H2,1-5H3,(H,33,34)/t22-,24-,25+/m1/s1. The van der Waals surface area contributed by atoms with Gasteiger partial charge in [-0.1, -0.05) is 48.0 Å². The minimum atomic E-state index is -1.00. The summed E-state index contributed by atoms with van der Waals surface area (Å²) in [5, 5.41) is 10.3. The van der Waals surface area contributed by atoms with Crippen LogP contribution in [-0.4, -0.2) is 65.2 Å². The monoisotopic (exact) mass is 528 g/mol. The first-order valence-corrected chi connectivity index (χ1v) is 13.0. The van der Waals surface area contributed by atoms with Crippen LogP contribution >= 0.6 is 11.6 Å². The number of ether oxygens (including phenoxy) is 1. The maximum absolute atomic E-state index is 13.7. The molecule has 0 saturated carbocycles. The summed E-state index contributed by atoms with van der Waals surface area (Å²) in [6.45, 7) is 5.64. The molecule has 1 N–H and O–H groups in total. The van der Waals surface area contributed by atoms with E-state index in [1.54, 1.807) is 51.9 Å². The lowest BCUT2D eigenvalue weighted by Crippen LogP contribution is -2.49. The maximum atomic E-state index is 13.7. The third-order valence-corrected chi connectivity index (χ3v) is 7.10. The molecule has 200 valence electrons. The van der Waals surface area contributed by atoms with Crippen molar-refractivity contribution in [1.29, 1.82) is 0 Å². The normalized spacial score (nSPS) is 16.4. The van der Waals surface area contributed by atoms with E-state index in [0.717, 1.165) is 24.0 Å². The van der Waals surface area contributed by atoms with Crippen LogP contribution in [0.3, 0.4) is 0 Å². The lowest BCUT2D eigenvalue weighted by Gasteiger charge is -2.35. The molecular weight excluding hydrogens is 492 g/mol. The summed E-state index contributed by atoms with van der Waals surface area (Å²) in [4.78, 5) is 41.5. The van der Waals surface area contributed by atoms with Crippen molar-refractivity contribution >= 4 is 29.6 Å². The van der Waals surface area contributed by atoms with Gasteiger partial charge >= 0.3 is 12.1 Å². The topological polar surface area (TPSA) is 87.2 Å². The van der Waals surface area contributed by atoms with E-state index in [0.29, 0.717) is 11.4 Å². The second-order valence-corrected chi connectivity index (χ2v) is 11.3. The Morgan fingerprint density at radius 3 is 2.35 bits per heavy atom. The number of likely N-dealkylation sites (N-methyl/N-ethyl adjacent to an activating group) is 2. The molecule has 7 nitrogen and oxygen atoms in total. The summed E-state index contributed by atoms with van der Waals surface area (Å²) < 4.78 is 5.58. The van der Waals surface area contributed by atoms with Gasteiger partial charge < -0.3 is 19.6 Å². The SMILES string of the molecule is CN(C[C@@H](Cc1ccc(Cl)cc1)N(C)C(=O)OC(C)(C)C)C(=O)[C@@H](CC(=O)O)[C@@H]1CCc2ccccc21. The molecule has 1 aliphatic carbocycles. The highest BCUT2D eigenvalue weighted by Gasteiger charge is 2.38. The summed E-state index contributed by atoms with van der Waals surface area (Å²) in [6, 6.07) is 14.9. The van der Waals surface area contributed by atoms with Gasteiger partial charge in [0.2, 0.25) is 5.91 Å². The van der Waals surface area contributed by atoms with Crippen molar-refractivity contribution in [2.24, 2.45) is 5.92 Å². The Labute approximate surface area is 224 Å². The van der Waals surface area contributed by atoms with Gasteiger partial charge in [-0.2, -0.15) is 0 Å². The summed E-state index contributed by atoms with van der Waals surface area (Å²) in [7, 11) is 3.34. The van der Waals surface area contributed by atoms with E-state index < -0.39 is 29.6 Å². The molecule has 0 heterocycles. The van der Waals surface area contributed by atoms with E-state index in [1.165, 1.54) is 10.5 Å². The predicted octanol–water partition coefficient (Wildman–Crippen LogP) is 5.40. The highest BCUT2D eigenvalue weighted by atomic mass is 35.5. The first-order valence-electron chi connectivity index (χ1n) is 12.6. The molecule has 0 bridgehead atoms. The molecule has 3 atom stereocenters. The van der Waals surface area contributed by atoms with E-state index in [2.05, 4.69) is 0 Å². The number of carboxylic acid groups (broad SMARTS) is 1. The molecule has 0 radical (unpaired) electrons. The first kappa shape index (κ1) is 28.5. The number of halogens is 1. The number of hydrogen-bond donors (Lipinski definition) is 1. The van der Waals surface area contributed by atoms with Crippen LogP contribution in [0.1, 0.15) is 56.2 Å². The number of aliphatic carboxylic acids is 1. The van der Waals surface area contributed by atoms with E-state index in [4.69, 9.17) is 16.3 Å². The highest BCUT2D eigenvalue weighted by Crippen LogP contribution is 2.40. The van der Waals surface area contributed by atoms with Crippen molar-refractivity contribution in [3.8, 4) is 0 Å². The number of carbonyl (C=O) groups excluding carboxylic acids is 2. The summed E-state index contributed by atoms with van der Waals surface area (Å²) in [5.41, 5.74) is 2.51. The van der Waals surface area contributed by atoms with Crippen LogP contribution in [-0.2, 0) is 27.2 Å². The molecular formula is C29H37ClN2O5. The number of rotatable bonds is 9. The average Bonchev–Trinajstić information content (AvgIpc) is 3.25. The van der Waals surface area contributed by atoms with Gasteiger partial charge in [0.05, 0.1) is 18.4 Å². The average molecular weight is 529 g/mol. The van der Waals surface area contributed by atoms with Crippen LogP contribution in [0.2, 0.25) is 5.02 Å². The quantitative estimate of drug-likeness (QED) is 0.471. The zero-order valence-corrected chi connectivity index (χ0v) is 23.0. The van der Waals surface area contributed by atoms with Crippen LogP contribution < -0.4 is 0 Å². The predicted molar refractivity (Wildman–Crippen MR) is 144 cm³/mol. The number of nitrogens with zero attached hydrogens (tertiary/aromatic N) is 2. The molecule has 2 aromatic rings. The van der Waals surface area contributed by atoms with Crippen LogP contribution in [0.15, 0.2) is 48.5 Å². The lowest BCUT2D eigenvalue weighted by molar-refractivity contribution is -0.145. The van der Waals surface area contributed by atoms with Gasteiger partial charge in [-0.05, 0) is 74.8 Å². The van der Waals surface area contributed by atoms with Gasteiger partial charge in [-0.3, -0.25) is 9.59 Å². The van der Waals surface area contributed by atoms with Crippen LogP contribution in [0, 0.1) is 5.92 Å². The van der Waals surface area contributed by atoms with E-state index in [1.807, 2.05) is 36.4 Å². The Morgan fingerprint density at radius 2 is 1.73 bits per heavy atom. The number of hydrogen-bond acceptors (Lipinski definition) is 4. The number of aryl methyl sites for hydroxylation is 1. The lowest BCUT2D eigenvalue weighted by atomic mass is 9.84. The number of benzene rings is 2. The second-order valence-electron chi connectivity index (χ2n) is 10.8. The van der Waals surface area contributed by atoms with Crippen molar-refractivity contribution in [2.45, 2.75) is 64.0 Å². The maximum Gasteiger partial charge on any atom is 0.410 e. The molecule has 2 aromatic carbocycles. The fraction of sp³-hybridized carbons (Fsp3) is 0.483. The molecule has 0 aromatic heterocycles. The van der Waals surface area contributed by atoms with Crippen LogP contribution in [0.4, 0.5) is 4.79 Å². The number of fused-ring (bicyclic) bond motifs is 1. The van der Waals surface area contributed by atoms with Crippen molar-refractivity contribution in [3.63, 3.8) is 0 Å². The zero-order chi connectivity index (χ0) is 27.3. The molecule has 0 spiro atoms. The summed E-state index contributed by atoms with van der Waals surface area (Å²) in [5.74, 6) is -2.07. The van der Waals surface area contributed by atoms with Crippen molar-refractivity contribution in [3.05, 3.63) is 70.2 Å². The third kappa shape index (κ3) is 7.71. The first-order chi connectivity index (χ1) is 17.4. The highest BCUT2D eigenvalue weighted by molar-refractivity contribution is 6.30. The Bertz CT molecular complexity index is 1110.